The molecule has 0 radical (unpaired) electrons. The molecule has 0 saturated heterocycles. The minimum Gasteiger partial charge on any atom is -0.479 e. The highest BCUT2D eigenvalue weighted by atomic mass is 31.2. The van der Waals surface area contributed by atoms with Gasteiger partial charge in [0.25, 0.3) is 0 Å². The fourth-order valence-corrected chi connectivity index (χ4v) is 3.46. The Morgan fingerprint density at radius 1 is 1.09 bits per heavy atom. The molecule has 1 heterocycles. The molecule has 118 valence electrons. The number of carboxylic acids is 1. The Bertz CT molecular complexity index is 857. The summed E-state index contributed by atoms with van der Waals surface area (Å²) in [7, 11) is -4.33. The Labute approximate surface area is 131 Å². The summed E-state index contributed by atoms with van der Waals surface area (Å²) in [4.78, 5) is 24.4. The van der Waals surface area contributed by atoms with Crippen LogP contribution in [0.1, 0.15) is 11.7 Å². The standard InChI is InChI=1S/C16H14NO5P/c18-16(19)15(11-6-2-1-3-7-11)22-23(20,21)14-10-12-8-4-5-9-13(12)17-14/h1-10,15,17H,(H,18,19)(H,20,21). The third kappa shape index (κ3) is 3.19. The highest BCUT2D eigenvalue weighted by Gasteiger charge is 2.33. The molecular weight excluding hydrogens is 317 g/mol. The van der Waals surface area contributed by atoms with Gasteiger partial charge >= 0.3 is 13.6 Å². The Kier molecular flexibility index (Phi) is 4.05. The number of fused-ring (bicyclic) bond motifs is 1. The Morgan fingerprint density at radius 2 is 1.74 bits per heavy atom. The van der Waals surface area contributed by atoms with Gasteiger partial charge < -0.3 is 15.0 Å². The summed E-state index contributed by atoms with van der Waals surface area (Å²) in [5.74, 6) is -1.33. The lowest BCUT2D eigenvalue weighted by molar-refractivity contribution is -0.145. The zero-order chi connectivity index (χ0) is 16.4. The molecule has 0 aliphatic rings. The van der Waals surface area contributed by atoms with Gasteiger partial charge in [0, 0.05) is 10.9 Å². The summed E-state index contributed by atoms with van der Waals surface area (Å²) in [5, 5.41) is 10.1. The topological polar surface area (TPSA) is 99.6 Å². The van der Waals surface area contributed by atoms with Crippen LogP contribution >= 0.6 is 7.60 Å². The predicted molar refractivity (Wildman–Crippen MR) is 85.7 cm³/mol. The quantitative estimate of drug-likeness (QED) is 0.624. The van der Waals surface area contributed by atoms with E-state index in [1.54, 1.807) is 42.5 Å². The van der Waals surface area contributed by atoms with Crippen LogP contribution in [-0.2, 0) is 13.9 Å². The number of aliphatic carboxylic acids is 1. The summed E-state index contributed by atoms with van der Waals surface area (Å²) in [5.41, 5.74) is 0.929. The van der Waals surface area contributed by atoms with Crippen LogP contribution in [0.4, 0.5) is 0 Å². The van der Waals surface area contributed by atoms with E-state index in [0.29, 0.717) is 11.1 Å². The smallest absolute Gasteiger partial charge is 0.376 e. The maximum atomic E-state index is 12.5. The number of carbonyl (C=O) groups is 1. The molecule has 0 fully saturated rings. The van der Waals surface area contributed by atoms with Crippen LogP contribution in [0.25, 0.3) is 10.9 Å². The number of hydrogen-bond acceptors (Lipinski definition) is 3. The zero-order valence-corrected chi connectivity index (χ0v) is 12.8. The number of para-hydroxylation sites is 1. The molecule has 3 aromatic rings. The number of aromatic amines is 1. The predicted octanol–water partition coefficient (Wildman–Crippen LogP) is 2.82. The fraction of sp³-hybridized carbons (Fsp3) is 0.0625. The Hall–Kier alpha value is -2.40. The molecule has 7 heteroatoms. The number of nitrogens with one attached hydrogen (secondary N) is 1. The van der Waals surface area contributed by atoms with Gasteiger partial charge in [-0.05, 0) is 17.7 Å². The summed E-state index contributed by atoms with van der Waals surface area (Å²) in [6.07, 6.45) is -1.53. The third-order valence-corrected chi connectivity index (χ3v) is 4.74. The van der Waals surface area contributed by atoms with Crippen molar-refractivity contribution in [2.45, 2.75) is 6.10 Å². The van der Waals surface area contributed by atoms with Gasteiger partial charge in [0.1, 0.15) is 5.44 Å². The minimum absolute atomic E-state index is 0.0409. The molecule has 0 aliphatic carbocycles. The molecule has 23 heavy (non-hydrogen) atoms. The van der Waals surface area contributed by atoms with E-state index in [4.69, 9.17) is 4.52 Å². The van der Waals surface area contributed by atoms with E-state index >= 15 is 0 Å². The van der Waals surface area contributed by atoms with Gasteiger partial charge in [0.2, 0.25) is 0 Å². The van der Waals surface area contributed by atoms with E-state index in [1.165, 1.54) is 18.2 Å². The first-order chi connectivity index (χ1) is 11.0. The normalized spacial score (nSPS) is 15.2. The first kappa shape index (κ1) is 15.5. The van der Waals surface area contributed by atoms with Crippen molar-refractivity contribution in [2.75, 3.05) is 0 Å². The summed E-state index contributed by atoms with van der Waals surface area (Å²) in [6.45, 7) is 0. The number of rotatable bonds is 5. The second-order valence-corrected chi connectivity index (χ2v) is 6.73. The number of aromatic nitrogens is 1. The summed E-state index contributed by atoms with van der Waals surface area (Å²) < 4.78 is 17.6. The largest absolute Gasteiger partial charge is 0.479 e. The number of hydrogen-bond donors (Lipinski definition) is 3. The van der Waals surface area contributed by atoms with Gasteiger partial charge in [-0.2, -0.15) is 0 Å². The van der Waals surface area contributed by atoms with E-state index in [-0.39, 0.29) is 5.44 Å². The van der Waals surface area contributed by atoms with Crippen LogP contribution in [0.2, 0.25) is 0 Å². The van der Waals surface area contributed by atoms with Crippen molar-refractivity contribution >= 4 is 29.9 Å². The van der Waals surface area contributed by atoms with E-state index in [2.05, 4.69) is 4.98 Å². The monoisotopic (exact) mass is 331 g/mol. The maximum Gasteiger partial charge on any atom is 0.376 e. The average Bonchev–Trinajstić information content (AvgIpc) is 2.98. The van der Waals surface area contributed by atoms with Gasteiger partial charge in [-0.15, -0.1) is 0 Å². The van der Waals surface area contributed by atoms with Gasteiger partial charge in [0.15, 0.2) is 6.10 Å². The van der Waals surface area contributed by atoms with Crippen molar-refractivity contribution in [2.24, 2.45) is 0 Å². The lowest BCUT2D eigenvalue weighted by Crippen LogP contribution is -2.18. The molecular formula is C16H14NO5P. The van der Waals surface area contributed by atoms with Crippen molar-refractivity contribution in [1.29, 1.82) is 0 Å². The molecule has 3 rings (SSSR count). The van der Waals surface area contributed by atoms with Gasteiger partial charge in [-0.1, -0.05) is 48.5 Å². The van der Waals surface area contributed by atoms with Crippen molar-refractivity contribution in [3.63, 3.8) is 0 Å². The lowest BCUT2D eigenvalue weighted by Gasteiger charge is -2.17. The highest BCUT2D eigenvalue weighted by molar-refractivity contribution is 7.61. The molecule has 6 nitrogen and oxygen atoms in total. The minimum atomic E-state index is -4.33. The highest BCUT2D eigenvalue weighted by Crippen LogP contribution is 2.46. The van der Waals surface area contributed by atoms with Crippen molar-refractivity contribution in [3.8, 4) is 0 Å². The molecule has 0 aliphatic heterocycles. The van der Waals surface area contributed by atoms with E-state index in [9.17, 15) is 19.4 Å². The third-order valence-electron chi connectivity index (χ3n) is 3.40. The summed E-state index contributed by atoms with van der Waals surface area (Å²) in [6, 6.07) is 16.7. The first-order valence-corrected chi connectivity index (χ1v) is 8.42. The van der Waals surface area contributed by atoms with Crippen LogP contribution in [0, 0.1) is 0 Å². The van der Waals surface area contributed by atoms with E-state index in [0.717, 1.165) is 5.39 Å². The average molecular weight is 331 g/mol. The molecule has 0 amide bonds. The molecule has 3 N–H and O–H groups in total. The van der Waals surface area contributed by atoms with E-state index < -0.39 is 19.7 Å². The van der Waals surface area contributed by atoms with Gasteiger partial charge in [-0.25, -0.2) is 4.79 Å². The first-order valence-electron chi connectivity index (χ1n) is 6.84. The van der Waals surface area contributed by atoms with Crippen LogP contribution in [0.5, 0.6) is 0 Å². The number of carboxylic acid groups (broad SMARTS) is 1. The van der Waals surface area contributed by atoms with Gasteiger partial charge in [0.05, 0.1) is 0 Å². The molecule has 0 spiro atoms. The molecule has 2 unspecified atom stereocenters. The van der Waals surface area contributed by atoms with Gasteiger partial charge in [-0.3, -0.25) is 9.09 Å². The second-order valence-electron chi connectivity index (χ2n) is 5.00. The second kappa shape index (κ2) is 6.01. The lowest BCUT2D eigenvalue weighted by atomic mass is 10.1. The number of H-pyrrole nitrogens is 1. The van der Waals surface area contributed by atoms with E-state index in [1.807, 2.05) is 0 Å². The van der Waals surface area contributed by atoms with Crippen LogP contribution < -0.4 is 5.44 Å². The molecule has 2 aromatic carbocycles. The molecule has 0 bridgehead atoms. The van der Waals surface area contributed by atoms with Crippen LogP contribution in [0.3, 0.4) is 0 Å². The number of benzene rings is 2. The van der Waals surface area contributed by atoms with Crippen molar-refractivity contribution in [1.82, 2.24) is 4.98 Å². The molecule has 0 saturated carbocycles. The Balaban J connectivity index is 1.95. The van der Waals surface area contributed by atoms with Crippen molar-refractivity contribution < 1.29 is 23.9 Å². The fourth-order valence-electron chi connectivity index (χ4n) is 2.29. The Morgan fingerprint density at radius 3 is 2.39 bits per heavy atom. The zero-order valence-electron chi connectivity index (χ0n) is 11.9. The molecule has 1 aromatic heterocycles. The van der Waals surface area contributed by atoms with Crippen molar-refractivity contribution in [3.05, 3.63) is 66.2 Å². The summed E-state index contributed by atoms with van der Waals surface area (Å²) >= 11 is 0. The van der Waals surface area contributed by atoms with Crippen LogP contribution in [0.15, 0.2) is 60.7 Å². The molecule has 2 atom stereocenters. The maximum absolute atomic E-state index is 12.5. The SMILES string of the molecule is O=C(O)C(OP(=O)(O)c1cc2ccccc2[nH]1)c1ccccc1. The van der Waals surface area contributed by atoms with Crippen LogP contribution in [-0.4, -0.2) is 21.0 Å².